The van der Waals surface area contributed by atoms with Crippen molar-refractivity contribution in [2.75, 3.05) is 13.1 Å². The fourth-order valence-electron chi connectivity index (χ4n) is 1.93. The van der Waals surface area contributed by atoms with Crippen molar-refractivity contribution in [2.45, 2.75) is 46.1 Å². The molecule has 1 fully saturated rings. The summed E-state index contributed by atoms with van der Waals surface area (Å²) in [6, 6.07) is 0.646. The number of carbonyl (C=O) groups excluding carboxylic acids is 1. The molecule has 0 aromatic rings. The first-order chi connectivity index (χ1) is 7.08. The molecule has 3 heteroatoms. The summed E-state index contributed by atoms with van der Waals surface area (Å²) in [6.07, 6.45) is 3.11. The van der Waals surface area contributed by atoms with Crippen LogP contribution in [0.4, 0.5) is 0 Å². The predicted octanol–water partition coefficient (Wildman–Crippen LogP) is 1.54. The number of hydrogen-bond donors (Lipinski definition) is 2. The first-order valence-electron chi connectivity index (χ1n) is 6.08. The highest BCUT2D eigenvalue weighted by molar-refractivity contribution is 5.76. The zero-order valence-corrected chi connectivity index (χ0v) is 10.2. The lowest BCUT2D eigenvalue weighted by Gasteiger charge is -2.27. The van der Waals surface area contributed by atoms with E-state index in [1.165, 1.54) is 12.8 Å². The number of hydrogen-bond acceptors (Lipinski definition) is 2. The van der Waals surface area contributed by atoms with Crippen LogP contribution < -0.4 is 10.6 Å². The molecular weight excluding hydrogens is 188 g/mol. The Morgan fingerprint density at radius 3 is 2.73 bits per heavy atom. The van der Waals surface area contributed by atoms with Crippen molar-refractivity contribution < 1.29 is 4.79 Å². The molecular formula is C12H24N2O. The molecule has 2 N–H and O–H groups in total. The number of amides is 1. The lowest BCUT2D eigenvalue weighted by Crippen LogP contribution is -2.42. The van der Waals surface area contributed by atoms with Crippen LogP contribution in [0.15, 0.2) is 0 Å². The standard InChI is InChI=1S/C12H24N2O/c1-9(2)6-12(15)14-8-11-5-4-10(3)13-7-11/h9-11,13H,4-8H2,1-3H3,(H,14,15). The molecule has 15 heavy (non-hydrogen) atoms. The van der Waals surface area contributed by atoms with E-state index in [4.69, 9.17) is 0 Å². The van der Waals surface area contributed by atoms with Crippen molar-refractivity contribution in [3.63, 3.8) is 0 Å². The van der Waals surface area contributed by atoms with Gasteiger partial charge in [0.2, 0.25) is 5.91 Å². The third-order valence-electron chi connectivity index (χ3n) is 2.94. The van der Waals surface area contributed by atoms with Gasteiger partial charge in [-0.2, -0.15) is 0 Å². The van der Waals surface area contributed by atoms with Gasteiger partial charge in [0.05, 0.1) is 0 Å². The molecule has 1 amide bonds. The van der Waals surface area contributed by atoms with E-state index >= 15 is 0 Å². The Labute approximate surface area is 93.0 Å². The minimum absolute atomic E-state index is 0.198. The van der Waals surface area contributed by atoms with Gasteiger partial charge in [0, 0.05) is 19.0 Å². The molecule has 1 saturated heterocycles. The minimum atomic E-state index is 0.198. The maximum absolute atomic E-state index is 11.4. The third kappa shape index (κ3) is 5.17. The van der Waals surface area contributed by atoms with Gasteiger partial charge < -0.3 is 10.6 Å². The summed E-state index contributed by atoms with van der Waals surface area (Å²) in [6.45, 7) is 8.24. The fourth-order valence-corrected chi connectivity index (χ4v) is 1.93. The van der Waals surface area contributed by atoms with Crippen LogP contribution in [0.2, 0.25) is 0 Å². The monoisotopic (exact) mass is 212 g/mol. The molecule has 0 saturated carbocycles. The van der Waals surface area contributed by atoms with E-state index in [2.05, 4.69) is 31.4 Å². The Bertz CT molecular complexity index is 196. The second-order valence-electron chi connectivity index (χ2n) is 5.15. The molecule has 0 radical (unpaired) electrons. The molecule has 2 unspecified atom stereocenters. The lowest BCUT2D eigenvalue weighted by molar-refractivity contribution is -0.122. The van der Waals surface area contributed by atoms with Crippen LogP contribution in [0.25, 0.3) is 0 Å². The Morgan fingerprint density at radius 2 is 2.20 bits per heavy atom. The van der Waals surface area contributed by atoms with Crippen molar-refractivity contribution in [2.24, 2.45) is 11.8 Å². The Balaban J connectivity index is 2.12. The summed E-state index contributed by atoms with van der Waals surface area (Å²) in [5.41, 5.74) is 0. The second kappa shape index (κ2) is 6.11. The first kappa shape index (κ1) is 12.5. The van der Waals surface area contributed by atoms with Gasteiger partial charge in [-0.1, -0.05) is 13.8 Å². The average molecular weight is 212 g/mol. The highest BCUT2D eigenvalue weighted by atomic mass is 16.1. The topological polar surface area (TPSA) is 41.1 Å². The number of carbonyl (C=O) groups is 1. The van der Waals surface area contributed by atoms with Gasteiger partial charge in [-0.25, -0.2) is 0 Å². The lowest BCUT2D eigenvalue weighted by atomic mass is 9.95. The molecule has 0 bridgehead atoms. The molecule has 0 aromatic carbocycles. The zero-order chi connectivity index (χ0) is 11.3. The van der Waals surface area contributed by atoms with Crippen molar-refractivity contribution >= 4 is 5.91 Å². The van der Waals surface area contributed by atoms with Crippen LogP contribution in [0.5, 0.6) is 0 Å². The molecule has 3 nitrogen and oxygen atoms in total. The van der Waals surface area contributed by atoms with Crippen molar-refractivity contribution in [3.05, 3.63) is 0 Å². The van der Waals surface area contributed by atoms with Gasteiger partial charge >= 0.3 is 0 Å². The molecule has 88 valence electrons. The summed E-state index contributed by atoms with van der Waals surface area (Å²) in [7, 11) is 0. The fraction of sp³-hybridized carbons (Fsp3) is 0.917. The van der Waals surface area contributed by atoms with E-state index in [9.17, 15) is 4.79 Å². The summed E-state index contributed by atoms with van der Waals surface area (Å²) < 4.78 is 0. The number of piperidine rings is 1. The third-order valence-corrected chi connectivity index (χ3v) is 2.94. The van der Waals surface area contributed by atoms with Crippen molar-refractivity contribution in [1.29, 1.82) is 0 Å². The van der Waals surface area contributed by atoms with Gasteiger partial charge in [-0.05, 0) is 38.1 Å². The van der Waals surface area contributed by atoms with Crippen molar-refractivity contribution in [1.82, 2.24) is 10.6 Å². The zero-order valence-electron chi connectivity index (χ0n) is 10.2. The Hall–Kier alpha value is -0.570. The Morgan fingerprint density at radius 1 is 1.47 bits per heavy atom. The van der Waals surface area contributed by atoms with Gasteiger partial charge in [0.25, 0.3) is 0 Å². The summed E-state index contributed by atoms with van der Waals surface area (Å²) in [4.78, 5) is 11.4. The van der Waals surface area contributed by atoms with E-state index in [1.54, 1.807) is 0 Å². The SMILES string of the molecule is CC(C)CC(=O)NCC1CCC(C)NC1. The van der Waals surface area contributed by atoms with Crippen molar-refractivity contribution in [3.8, 4) is 0 Å². The summed E-state index contributed by atoms with van der Waals surface area (Å²) in [5.74, 6) is 1.27. The predicted molar refractivity (Wildman–Crippen MR) is 62.7 cm³/mol. The van der Waals surface area contributed by atoms with Gasteiger partial charge in [-0.3, -0.25) is 4.79 Å². The molecule has 1 aliphatic heterocycles. The average Bonchev–Trinajstić information content (AvgIpc) is 2.16. The largest absolute Gasteiger partial charge is 0.356 e. The van der Waals surface area contributed by atoms with Crippen LogP contribution in [0.1, 0.15) is 40.0 Å². The number of nitrogens with one attached hydrogen (secondary N) is 2. The van der Waals surface area contributed by atoms with Gasteiger partial charge in [0.1, 0.15) is 0 Å². The highest BCUT2D eigenvalue weighted by Crippen LogP contribution is 2.13. The van der Waals surface area contributed by atoms with E-state index < -0.39 is 0 Å². The molecule has 2 atom stereocenters. The van der Waals surface area contributed by atoms with E-state index in [1.807, 2.05) is 0 Å². The maximum Gasteiger partial charge on any atom is 0.220 e. The summed E-state index contributed by atoms with van der Waals surface area (Å²) >= 11 is 0. The van der Waals surface area contributed by atoms with E-state index in [0.29, 0.717) is 24.3 Å². The van der Waals surface area contributed by atoms with Crippen LogP contribution >= 0.6 is 0 Å². The smallest absolute Gasteiger partial charge is 0.220 e. The maximum atomic E-state index is 11.4. The van der Waals surface area contributed by atoms with E-state index in [-0.39, 0.29) is 5.91 Å². The van der Waals surface area contributed by atoms with Crippen LogP contribution in [-0.4, -0.2) is 25.0 Å². The van der Waals surface area contributed by atoms with Gasteiger partial charge in [0.15, 0.2) is 0 Å². The highest BCUT2D eigenvalue weighted by Gasteiger charge is 2.17. The minimum Gasteiger partial charge on any atom is -0.356 e. The first-order valence-corrected chi connectivity index (χ1v) is 6.08. The van der Waals surface area contributed by atoms with Gasteiger partial charge in [-0.15, -0.1) is 0 Å². The van der Waals surface area contributed by atoms with Crippen LogP contribution in [0, 0.1) is 11.8 Å². The number of rotatable bonds is 4. The molecule has 1 rings (SSSR count). The Kier molecular flexibility index (Phi) is 5.09. The molecule has 0 aliphatic carbocycles. The quantitative estimate of drug-likeness (QED) is 0.742. The second-order valence-corrected chi connectivity index (χ2v) is 5.15. The van der Waals surface area contributed by atoms with Crippen LogP contribution in [-0.2, 0) is 4.79 Å². The molecule has 1 heterocycles. The normalized spacial score (nSPS) is 26.7. The molecule has 1 aliphatic rings. The summed E-state index contributed by atoms with van der Waals surface area (Å²) in [5, 5.41) is 6.46. The van der Waals surface area contributed by atoms with E-state index in [0.717, 1.165) is 13.1 Å². The van der Waals surface area contributed by atoms with Crippen LogP contribution in [0.3, 0.4) is 0 Å². The molecule has 0 spiro atoms. The molecule has 0 aromatic heterocycles.